The Balaban J connectivity index is 1.81. The van der Waals surface area contributed by atoms with Crippen molar-refractivity contribution in [3.8, 4) is 17.2 Å². The van der Waals surface area contributed by atoms with E-state index in [9.17, 15) is 15.2 Å². The number of hydrogen-bond acceptors (Lipinski definition) is 7. The smallest absolute Gasteiger partial charge is 0.340 e. The number of hydrogen-bond donors (Lipinski definition) is 4. The van der Waals surface area contributed by atoms with E-state index in [-0.39, 0.29) is 19.8 Å². The van der Waals surface area contributed by atoms with Gasteiger partial charge in [0.25, 0.3) is 0 Å². The fourth-order valence-electron chi connectivity index (χ4n) is 3.39. The molecule has 7 heteroatoms. The van der Waals surface area contributed by atoms with Crippen LogP contribution in [0, 0.1) is 11.3 Å². The topological polar surface area (TPSA) is 115 Å². The first kappa shape index (κ1) is 23.8. The second kappa shape index (κ2) is 11.7. The summed E-state index contributed by atoms with van der Waals surface area (Å²) in [6.07, 6.45) is -0.923. The number of benzene rings is 3. The van der Waals surface area contributed by atoms with Crippen molar-refractivity contribution in [3.05, 3.63) is 83.4 Å². The van der Waals surface area contributed by atoms with Crippen molar-refractivity contribution in [2.45, 2.75) is 19.6 Å². The monoisotopic (exact) mass is 445 g/mol. The van der Waals surface area contributed by atoms with Gasteiger partial charge in [0, 0.05) is 13.1 Å². The van der Waals surface area contributed by atoms with E-state index in [1.165, 1.54) is 0 Å². The summed E-state index contributed by atoms with van der Waals surface area (Å²) in [4.78, 5) is 12.5. The Morgan fingerprint density at radius 2 is 1.82 bits per heavy atom. The lowest BCUT2D eigenvalue weighted by Crippen LogP contribution is -2.23. The van der Waals surface area contributed by atoms with Gasteiger partial charge < -0.3 is 25.6 Å². The molecule has 3 aromatic rings. The molecule has 0 aliphatic heterocycles. The number of nitrogens with zero attached hydrogens (tertiary/aromatic N) is 1. The fourth-order valence-corrected chi connectivity index (χ4v) is 3.39. The highest BCUT2D eigenvalue weighted by Crippen LogP contribution is 2.29. The number of nitrogens with one attached hydrogen (secondary N) is 2. The van der Waals surface area contributed by atoms with Gasteiger partial charge in [-0.1, -0.05) is 48.5 Å². The second-order valence-electron chi connectivity index (χ2n) is 7.37. The SMILES string of the molecule is CCOC(=O)c1cccc(NCC(O)CO)c1NCc1ccc(-c2ccccc2C#N)cc1. The molecule has 3 aromatic carbocycles. The van der Waals surface area contributed by atoms with Crippen LogP contribution in [0.4, 0.5) is 11.4 Å². The summed E-state index contributed by atoms with van der Waals surface area (Å²) in [5.41, 5.74) is 4.97. The summed E-state index contributed by atoms with van der Waals surface area (Å²) in [5.74, 6) is -0.449. The number of nitriles is 1. The molecule has 0 aliphatic carbocycles. The Bertz CT molecular complexity index is 1120. The lowest BCUT2D eigenvalue weighted by atomic mass is 9.99. The molecular formula is C26H27N3O4. The van der Waals surface area contributed by atoms with Gasteiger partial charge in [-0.15, -0.1) is 0 Å². The molecule has 0 bridgehead atoms. The first-order chi connectivity index (χ1) is 16.1. The summed E-state index contributed by atoms with van der Waals surface area (Å²) in [5, 5.41) is 34.5. The Kier molecular flexibility index (Phi) is 8.42. The van der Waals surface area contributed by atoms with E-state index in [0.717, 1.165) is 16.7 Å². The average molecular weight is 446 g/mol. The quantitative estimate of drug-likeness (QED) is 0.351. The molecule has 0 saturated carbocycles. The minimum Gasteiger partial charge on any atom is -0.462 e. The lowest BCUT2D eigenvalue weighted by Gasteiger charge is -2.18. The fraction of sp³-hybridized carbons (Fsp3) is 0.231. The third-order valence-electron chi connectivity index (χ3n) is 5.08. The van der Waals surface area contributed by atoms with Crippen molar-refractivity contribution in [2.75, 3.05) is 30.4 Å². The molecule has 0 aromatic heterocycles. The lowest BCUT2D eigenvalue weighted by molar-refractivity contribution is 0.0527. The molecule has 4 N–H and O–H groups in total. The van der Waals surface area contributed by atoms with Crippen molar-refractivity contribution < 1.29 is 19.7 Å². The van der Waals surface area contributed by atoms with Crippen LogP contribution in [0.25, 0.3) is 11.1 Å². The number of ether oxygens (including phenoxy) is 1. The van der Waals surface area contributed by atoms with Crippen LogP contribution in [0.3, 0.4) is 0 Å². The van der Waals surface area contributed by atoms with Crippen LogP contribution >= 0.6 is 0 Å². The van der Waals surface area contributed by atoms with Crippen LogP contribution in [-0.2, 0) is 11.3 Å². The molecule has 0 spiro atoms. The maximum Gasteiger partial charge on any atom is 0.340 e. The summed E-state index contributed by atoms with van der Waals surface area (Å²) in [6, 6.07) is 22.7. The van der Waals surface area contributed by atoms with Gasteiger partial charge in [-0.05, 0) is 41.8 Å². The van der Waals surface area contributed by atoms with Gasteiger partial charge in [-0.2, -0.15) is 5.26 Å². The van der Waals surface area contributed by atoms with E-state index in [4.69, 9.17) is 9.84 Å². The summed E-state index contributed by atoms with van der Waals surface area (Å²) >= 11 is 0. The van der Waals surface area contributed by atoms with Crippen LogP contribution < -0.4 is 10.6 Å². The predicted molar refractivity (Wildman–Crippen MR) is 128 cm³/mol. The standard InChI is InChI=1S/C26H27N3O4/c1-2-33-26(32)23-8-5-9-24(28-16-21(31)17-30)25(23)29-15-18-10-12-19(13-11-18)22-7-4-3-6-20(22)14-27/h3-13,21,28-31H,2,15-17H2,1H3. The molecule has 0 saturated heterocycles. The highest BCUT2D eigenvalue weighted by Gasteiger charge is 2.16. The summed E-state index contributed by atoms with van der Waals surface area (Å²) < 4.78 is 5.19. The largest absolute Gasteiger partial charge is 0.462 e. The maximum atomic E-state index is 12.5. The number of carbonyl (C=O) groups excluding carboxylic acids is 1. The molecule has 33 heavy (non-hydrogen) atoms. The third-order valence-corrected chi connectivity index (χ3v) is 5.08. The van der Waals surface area contributed by atoms with Crippen molar-refractivity contribution in [3.63, 3.8) is 0 Å². The Labute approximate surface area is 193 Å². The zero-order valence-electron chi connectivity index (χ0n) is 18.4. The van der Waals surface area contributed by atoms with Gasteiger partial charge in [0.05, 0.1) is 47.9 Å². The summed E-state index contributed by atoms with van der Waals surface area (Å²) in [6.45, 7) is 2.20. The molecular weight excluding hydrogens is 418 g/mol. The predicted octanol–water partition coefficient (Wildman–Crippen LogP) is 3.78. The van der Waals surface area contributed by atoms with Crippen LogP contribution in [-0.4, -0.2) is 42.0 Å². The molecule has 0 aliphatic rings. The molecule has 1 atom stereocenters. The van der Waals surface area contributed by atoms with Gasteiger partial charge >= 0.3 is 5.97 Å². The number of para-hydroxylation sites is 1. The van der Waals surface area contributed by atoms with E-state index in [1.54, 1.807) is 31.2 Å². The molecule has 0 radical (unpaired) electrons. The normalized spacial score (nSPS) is 11.3. The van der Waals surface area contributed by atoms with E-state index < -0.39 is 12.1 Å². The van der Waals surface area contributed by atoms with Crippen LogP contribution in [0.5, 0.6) is 0 Å². The molecule has 0 fully saturated rings. The molecule has 0 amide bonds. The zero-order valence-corrected chi connectivity index (χ0v) is 18.4. The van der Waals surface area contributed by atoms with Crippen molar-refractivity contribution in [1.29, 1.82) is 5.26 Å². The number of aliphatic hydroxyl groups is 2. The van der Waals surface area contributed by atoms with E-state index in [1.807, 2.05) is 42.5 Å². The number of esters is 1. The molecule has 170 valence electrons. The van der Waals surface area contributed by atoms with Gasteiger partial charge in [-0.3, -0.25) is 0 Å². The van der Waals surface area contributed by atoms with Crippen LogP contribution in [0.15, 0.2) is 66.7 Å². The molecule has 7 nitrogen and oxygen atoms in total. The number of aliphatic hydroxyl groups excluding tert-OH is 2. The van der Waals surface area contributed by atoms with Gasteiger partial charge in [0.2, 0.25) is 0 Å². The Morgan fingerprint density at radius 1 is 1.06 bits per heavy atom. The van der Waals surface area contributed by atoms with Crippen molar-refractivity contribution in [2.24, 2.45) is 0 Å². The highest BCUT2D eigenvalue weighted by molar-refractivity contribution is 5.99. The number of anilines is 2. The minimum atomic E-state index is -0.923. The minimum absolute atomic E-state index is 0.129. The Hall–Kier alpha value is -3.86. The first-order valence-electron chi connectivity index (χ1n) is 10.7. The van der Waals surface area contributed by atoms with Crippen LogP contribution in [0.1, 0.15) is 28.4 Å². The van der Waals surface area contributed by atoms with Gasteiger partial charge in [-0.25, -0.2) is 4.79 Å². The van der Waals surface area contributed by atoms with Crippen molar-refractivity contribution in [1.82, 2.24) is 0 Å². The zero-order chi connectivity index (χ0) is 23.6. The average Bonchev–Trinajstić information content (AvgIpc) is 2.86. The Morgan fingerprint density at radius 3 is 2.52 bits per heavy atom. The third kappa shape index (κ3) is 6.10. The van der Waals surface area contributed by atoms with Crippen molar-refractivity contribution >= 4 is 17.3 Å². The van der Waals surface area contributed by atoms with Crippen LogP contribution in [0.2, 0.25) is 0 Å². The second-order valence-corrected chi connectivity index (χ2v) is 7.37. The highest BCUT2D eigenvalue weighted by atomic mass is 16.5. The van der Waals surface area contributed by atoms with Gasteiger partial charge in [0.1, 0.15) is 0 Å². The molecule has 1 unspecified atom stereocenters. The molecule has 3 rings (SSSR count). The number of rotatable bonds is 10. The van der Waals surface area contributed by atoms with Gasteiger partial charge in [0.15, 0.2) is 0 Å². The first-order valence-corrected chi connectivity index (χ1v) is 10.7. The maximum absolute atomic E-state index is 12.5. The van der Waals surface area contributed by atoms with E-state index in [0.29, 0.717) is 29.0 Å². The molecule has 0 heterocycles. The van der Waals surface area contributed by atoms with E-state index in [2.05, 4.69) is 16.7 Å². The summed E-state index contributed by atoms with van der Waals surface area (Å²) in [7, 11) is 0. The number of carbonyl (C=O) groups is 1. The van der Waals surface area contributed by atoms with E-state index >= 15 is 0 Å².